The van der Waals surface area contributed by atoms with Crippen LogP contribution in [-0.4, -0.2) is 66.4 Å². The third-order valence-electron chi connectivity index (χ3n) is 5.77. The lowest BCUT2D eigenvalue weighted by Gasteiger charge is -2.28. The first kappa shape index (κ1) is 24.9. The molecule has 1 atom stereocenters. The highest BCUT2D eigenvalue weighted by Crippen LogP contribution is 2.30. The number of nitrogens with one attached hydrogen (secondary N) is 1. The maximum absolute atomic E-state index is 12.9. The molecule has 1 aliphatic heterocycles. The van der Waals surface area contributed by atoms with Crippen LogP contribution in [-0.2, 0) is 16.1 Å². The van der Waals surface area contributed by atoms with Crippen molar-refractivity contribution in [2.45, 2.75) is 30.8 Å². The van der Waals surface area contributed by atoms with Gasteiger partial charge in [-0.2, -0.15) is 0 Å². The molecular weight excluding hydrogens is 466 g/mol. The highest BCUT2D eigenvalue weighted by molar-refractivity contribution is 8.00. The summed E-state index contributed by atoms with van der Waals surface area (Å²) < 4.78 is 18.2. The maximum Gasteiger partial charge on any atom is 0.233 e. The second-order valence-electron chi connectivity index (χ2n) is 8.22. The third kappa shape index (κ3) is 5.88. The molecular formula is C25H31N5O4S. The van der Waals surface area contributed by atoms with Crippen LogP contribution in [0, 0.1) is 6.92 Å². The fourth-order valence-corrected chi connectivity index (χ4v) is 4.65. The molecule has 1 fully saturated rings. The summed E-state index contributed by atoms with van der Waals surface area (Å²) in [6, 6.07) is 13.8. The second-order valence-corrected chi connectivity index (χ2v) is 9.53. The summed E-state index contributed by atoms with van der Waals surface area (Å²) in [5.74, 6) is 1.95. The number of aromatic nitrogens is 3. The van der Waals surface area contributed by atoms with Crippen LogP contribution in [0.5, 0.6) is 11.5 Å². The minimum Gasteiger partial charge on any atom is -0.493 e. The van der Waals surface area contributed by atoms with Crippen molar-refractivity contribution in [3.8, 4) is 17.2 Å². The van der Waals surface area contributed by atoms with Crippen LogP contribution in [0.2, 0.25) is 0 Å². The average molecular weight is 498 g/mol. The highest BCUT2D eigenvalue weighted by Gasteiger charge is 2.25. The van der Waals surface area contributed by atoms with E-state index in [-0.39, 0.29) is 11.2 Å². The van der Waals surface area contributed by atoms with E-state index in [0.29, 0.717) is 36.4 Å². The number of carbonyl (C=O) groups is 1. The van der Waals surface area contributed by atoms with Crippen molar-refractivity contribution in [1.82, 2.24) is 20.1 Å². The highest BCUT2D eigenvalue weighted by atomic mass is 32.2. The molecule has 0 spiro atoms. The smallest absolute Gasteiger partial charge is 0.233 e. The van der Waals surface area contributed by atoms with Gasteiger partial charge in [-0.15, -0.1) is 10.2 Å². The van der Waals surface area contributed by atoms with Gasteiger partial charge in [-0.05, 0) is 43.7 Å². The van der Waals surface area contributed by atoms with Gasteiger partial charge in [0.2, 0.25) is 11.9 Å². The summed E-state index contributed by atoms with van der Waals surface area (Å²) in [4.78, 5) is 15.1. The van der Waals surface area contributed by atoms with Gasteiger partial charge >= 0.3 is 0 Å². The number of hydrogen-bond donors (Lipinski definition) is 1. The normalized spacial score (nSPS) is 14.5. The van der Waals surface area contributed by atoms with Gasteiger partial charge in [0.05, 0.1) is 38.4 Å². The van der Waals surface area contributed by atoms with E-state index in [4.69, 9.17) is 14.2 Å². The topological polar surface area (TPSA) is 90.7 Å². The minimum atomic E-state index is -0.374. The molecule has 2 heterocycles. The fraction of sp³-hybridized carbons (Fsp3) is 0.400. The fourth-order valence-electron chi connectivity index (χ4n) is 3.76. The van der Waals surface area contributed by atoms with Crippen LogP contribution in [0.15, 0.2) is 47.6 Å². The summed E-state index contributed by atoms with van der Waals surface area (Å²) >= 11 is 1.39. The molecule has 1 aliphatic rings. The van der Waals surface area contributed by atoms with Gasteiger partial charge in [0.1, 0.15) is 0 Å². The average Bonchev–Trinajstić information content (AvgIpc) is 3.31. The number of ether oxygens (including phenoxy) is 3. The van der Waals surface area contributed by atoms with E-state index >= 15 is 0 Å². The van der Waals surface area contributed by atoms with Gasteiger partial charge in [-0.3, -0.25) is 9.36 Å². The molecule has 4 rings (SSSR count). The molecule has 1 amide bonds. The number of anilines is 1. The summed E-state index contributed by atoms with van der Waals surface area (Å²) in [7, 11) is 3.19. The van der Waals surface area contributed by atoms with E-state index in [1.165, 1.54) is 17.3 Å². The molecule has 0 radical (unpaired) electrons. The number of morpholine rings is 1. The van der Waals surface area contributed by atoms with Crippen molar-refractivity contribution in [2.24, 2.45) is 0 Å². The molecule has 0 bridgehead atoms. The molecule has 1 unspecified atom stereocenters. The number of benzene rings is 2. The molecule has 2 aromatic carbocycles. The van der Waals surface area contributed by atoms with Gasteiger partial charge < -0.3 is 24.4 Å². The monoisotopic (exact) mass is 497 g/mol. The Morgan fingerprint density at radius 2 is 1.80 bits per heavy atom. The molecule has 1 aromatic heterocycles. The third-order valence-corrected chi connectivity index (χ3v) is 6.81. The first-order chi connectivity index (χ1) is 17.0. The van der Waals surface area contributed by atoms with E-state index in [1.807, 2.05) is 29.7 Å². The van der Waals surface area contributed by atoms with Crippen molar-refractivity contribution in [2.75, 3.05) is 45.4 Å². The van der Waals surface area contributed by atoms with Crippen molar-refractivity contribution in [3.05, 3.63) is 53.6 Å². The van der Waals surface area contributed by atoms with E-state index in [2.05, 4.69) is 51.6 Å². The number of aryl methyl sites for hydroxylation is 1. The largest absolute Gasteiger partial charge is 0.493 e. The molecule has 0 aliphatic carbocycles. The molecule has 0 saturated carbocycles. The van der Waals surface area contributed by atoms with Crippen LogP contribution in [0.1, 0.15) is 18.1 Å². The zero-order chi connectivity index (χ0) is 24.8. The summed E-state index contributed by atoms with van der Waals surface area (Å²) in [6.07, 6.45) is 0. The van der Waals surface area contributed by atoms with Gasteiger partial charge in [0, 0.05) is 19.6 Å². The first-order valence-electron chi connectivity index (χ1n) is 11.5. The lowest BCUT2D eigenvalue weighted by Crippen LogP contribution is -2.38. The van der Waals surface area contributed by atoms with Crippen LogP contribution >= 0.6 is 11.8 Å². The Kier molecular flexibility index (Phi) is 8.14. The Hall–Kier alpha value is -3.24. The Morgan fingerprint density at radius 3 is 2.49 bits per heavy atom. The number of methoxy groups -OCH3 is 2. The number of thioether (sulfide) groups is 1. The minimum absolute atomic E-state index is 0.0869. The number of hydrogen-bond acceptors (Lipinski definition) is 8. The van der Waals surface area contributed by atoms with Crippen LogP contribution < -0.4 is 19.7 Å². The Balaban J connectivity index is 1.49. The van der Waals surface area contributed by atoms with E-state index in [1.54, 1.807) is 14.2 Å². The van der Waals surface area contributed by atoms with E-state index < -0.39 is 0 Å². The molecule has 1 N–H and O–H groups in total. The molecule has 9 nitrogen and oxygen atoms in total. The molecule has 35 heavy (non-hydrogen) atoms. The predicted octanol–water partition coefficient (Wildman–Crippen LogP) is 3.23. The van der Waals surface area contributed by atoms with Gasteiger partial charge in [0.15, 0.2) is 16.7 Å². The summed E-state index contributed by atoms with van der Waals surface area (Å²) in [6.45, 7) is 7.10. The van der Waals surface area contributed by atoms with Crippen molar-refractivity contribution >= 4 is 23.6 Å². The second kappa shape index (κ2) is 11.5. The quantitative estimate of drug-likeness (QED) is 0.451. The number of carbonyl (C=O) groups excluding carboxylic acids is 1. The van der Waals surface area contributed by atoms with Gasteiger partial charge in [0.25, 0.3) is 0 Å². The standard InChI is InChI=1S/C25H31N5O4S/c1-17-5-8-20(9-6-17)30-24(29-11-13-34-14-12-29)27-28-25(30)35-18(2)23(31)26-16-19-7-10-21(32-3)22(15-19)33-4/h5-10,15,18H,11-14,16H2,1-4H3,(H,26,31). The Bertz CT molecular complexity index is 1150. The molecule has 1 saturated heterocycles. The number of nitrogens with zero attached hydrogens (tertiary/aromatic N) is 4. The predicted molar refractivity (Wildman–Crippen MR) is 136 cm³/mol. The van der Waals surface area contributed by atoms with Crippen molar-refractivity contribution in [3.63, 3.8) is 0 Å². The Morgan fingerprint density at radius 1 is 1.09 bits per heavy atom. The first-order valence-corrected chi connectivity index (χ1v) is 12.4. The zero-order valence-electron chi connectivity index (χ0n) is 20.5. The molecule has 3 aromatic rings. The van der Waals surface area contributed by atoms with Crippen molar-refractivity contribution < 1.29 is 19.0 Å². The SMILES string of the molecule is COc1ccc(CNC(=O)C(C)Sc2nnc(N3CCOCC3)n2-c2ccc(C)cc2)cc1OC. The van der Waals surface area contributed by atoms with Crippen LogP contribution in [0.3, 0.4) is 0 Å². The van der Waals surface area contributed by atoms with E-state index in [0.717, 1.165) is 30.3 Å². The van der Waals surface area contributed by atoms with Gasteiger partial charge in [-0.1, -0.05) is 35.5 Å². The van der Waals surface area contributed by atoms with E-state index in [9.17, 15) is 4.79 Å². The van der Waals surface area contributed by atoms with Crippen LogP contribution in [0.25, 0.3) is 5.69 Å². The molecule has 10 heteroatoms. The number of amides is 1. The maximum atomic E-state index is 12.9. The lowest BCUT2D eigenvalue weighted by molar-refractivity contribution is -0.120. The number of rotatable bonds is 9. The summed E-state index contributed by atoms with van der Waals surface area (Å²) in [5.41, 5.74) is 3.06. The van der Waals surface area contributed by atoms with Crippen LogP contribution in [0.4, 0.5) is 5.95 Å². The Labute approximate surface area is 209 Å². The van der Waals surface area contributed by atoms with Crippen molar-refractivity contribution in [1.29, 1.82) is 0 Å². The summed E-state index contributed by atoms with van der Waals surface area (Å²) in [5, 5.41) is 12.2. The lowest BCUT2D eigenvalue weighted by atomic mass is 10.2. The van der Waals surface area contributed by atoms with Gasteiger partial charge in [-0.25, -0.2) is 0 Å². The molecule has 186 valence electrons. The zero-order valence-corrected chi connectivity index (χ0v) is 21.3.